The number of nitrogens with two attached hydrogens (primary N) is 1. The molecule has 2 aliphatic rings. The van der Waals surface area contributed by atoms with Crippen molar-refractivity contribution in [2.45, 2.75) is 31.3 Å². The zero-order valence-electron chi connectivity index (χ0n) is 19.0. The van der Waals surface area contributed by atoms with Crippen molar-refractivity contribution in [1.82, 2.24) is 9.88 Å². The molecule has 2 aliphatic heterocycles. The number of aromatic nitrogens is 1. The quantitative estimate of drug-likeness (QED) is 0.560. The predicted octanol–water partition coefficient (Wildman–Crippen LogP) is 2.48. The number of nitrogen functional groups attached to an aromatic ring is 1. The third kappa shape index (κ3) is 6.45. The lowest BCUT2D eigenvalue weighted by atomic mass is 10.0. The number of amides is 1. The highest BCUT2D eigenvalue weighted by molar-refractivity contribution is 5.94. The molecule has 4 N–H and O–H groups in total. The van der Waals surface area contributed by atoms with Crippen molar-refractivity contribution < 1.29 is 32.5 Å². The van der Waals surface area contributed by atoms with Gasteiger partial charge in [0, 0.05) is 37.8 Å². The Hall–Kier alpha value is -3.25. The van der Waals surface area contributed by atoms with E-state index in [1.807, 2.05) is 6.07 Å². The molecule has 0 bridgehead atoms. The van der Waals surface area contributed by atoms with Crippen molar-refractivity contribution in [3.05, 3.63) is 42.1 Å². The molecule has 0 saturated carbocycles. The van der Waals surface area contributed by atoms with Gasteiger partial charge in [0.25, 0.3) is 5.91 Å². The number of hydrogen-bond acceptors (Lipinski definition) is 8. The second-order valence-electron chi connectivity index (χ2n) is 8.53. The number of aliphatic hydroxyl groups excluding tert-OH is 1. The summed E-state index contributed by atoms with van der Waals surface area (Å²) in [5.74, 6) is -0.231. The van der Waals surface area contributed by atoms with Gasteiger partial charge in [-0.3, -0.25) is 4.79 Å². The molecule has 1 atom stereocenters. The average Bonchev–Trinajstić information content (AvgIpc) is 2.85. The van der Waals surface area contributed by atoms with Crippen LogP contribution in [0.3, 0.4) is 0 Å². The summed E-state index contributed by atoms with van der Waals surface area (Å²) in [4.78, 5) is 20.8. The van der Waals surface area contributed by atoms with E-state index in [0.717, 1.165) is 17.8 Å². The molecule has 2 fully saturated rings. The number of nitrogens with one attached hydrogen (secondary N) is 1. The molecular formula is C23H28F3N5O4. The molecule has 190 valence electrons. The van der Waals surface area contributed by atoms with E-state index in [4.69, 9.17) is 10.5 Å². The highest BCUT2D eigenvalue weighted by Crippen LogP contribution is 2.28. The molecular weight excluding hydrogens is 467 g/mol. The molecule has 1 aromatic heterocycles. The summed E-state index contributed by atoms with van der Waals surface area (Å²) in [5.41, 5.74) is 7.99. The molecule has 4 rings (SSSR count). The number of pyridine rings is 1. The van der Waals surface area contributed by atoms with E-state index < -0.39 is 6.36 Å². The van der Waals surface area contributed by atoms with Crippen LogP contribution in [0.4, 0.5) is 30.4 Å². The Morgan fingerprint density at radius 2 is 1.94 bits per heavy atom. The molecule has 2 saturated heterocycles. The van der Waals surface area contributed by atoms with Gasteiger partial charge in [-0.15, -0.1) is 13.2 Å². The molecule has 0 radical (unpaired) electrons. The molecule has 2 aromatic rings. The molecule has 1 aromatic carbocycles. The van der Waals surface area contributed by atoms with Crippen molar-refractivity contribution in [3.63, 3.8) is 0 Å². The Labute approximate surface area is 200 Å². The number of hydrogen-bond donors (Lipinski definition) is 3. The number of likely N-dealkylation sites (tertiary alicyclic amines) is 1. The summed E-state index contributed by atoms with van der Waals surface area (Å²) in [6, 6.07) is 6.95. The van der Waals surface area contributed by atoms with Crippen LogP contribution in [0.15, 0.2) is 36.5 Å². The van der Waals surface area contributed by atoms with E-state index in [1.54, 1.807) is 11.1 Å². The van der Waals surface area contributed by atoms with Gasteiger partial charge in [-0.1, -0.05) is 0 Å². The molecule has 1 amide bonds. The molecule has 9 nitrogen and oxygen atoms in total. The largest absolute Gasteiger partial charge is 0.573 e. The van der Waals surface area contributed by atoms with Gasteiger partial charge in [0.15, 0.2) is 0 Å². The number of nitrogens with zero attached hydrogens (tertiary/aromatic N) is 3. The number of anilines is 3. The van der Waals surface area contributed by atoms with E-state index in [2.05, 4.69) is 19.9 Å². The Morgan fingerprint density at radius 1 is 1.23 bits per heavy atom. The number of morpholine rings is 1. The number of rotatable bonds is 6. The van der Waals surface area contributed by atoms with E-state index in [1.165, 1.54) is 12.1 Å². The molecule has 35 heavy (non-hydrogen) atoms. The number of carbonyl (C=O) groups excluding carboxylic acids is 1. The van der Waals surface area contributed by atoms with Crippen molar-refractivity contribution in [2.75, 3.05) is 55.3 Å². The fourth-order valence-corrected chi connectivity index (χ4v) is 4.25. The second kappa shape index (κ2) is 10.6. The van der Waals surface area contributed by atoms with E-state index in [0.29, 0.717) is 62.7 Å². The van der Waals surface area contributed by atoms with E-state index in [-0.39, 0.29) is 30.4 Å². The van der Waals surface area contributed by atoms with Crippen molar-refractivity contribution >= 4 is 23.1 Å². The fraction of sp³-hybridized carbons (Fsp3) is 0.478. The molecule has 12 heteroatoms. The first-order valence-corrected chi connectivity index (χ1v) is 11.4. The standard InChI is InChI=1S/C23H28F3N5O4/c24-23(25,26)35-18-3-1-15(2-4-18)22(33)30-7-5-16(6-8-30)29-20-11-17(12-28-21(20)27)31-9-10-34-19(13-31)14-32/h1-4,11-12,16,19,29,32H,5-10,13-14H2,(H2,27,28). The number of aliphatic hydroxyl groups is 1. The summed E-state index contributed by atoms with van der Waals surface area (Å²) >= 11 is 0. The van der Waals surface area contributed by atoms with Crippen LogP contribution in [0.1, 0.15) is 23.2 Å². The zero-order chi connectivity index (χ0) is 25.0. The van der Waals surface area contributed by atoms with Crippen LogP contribution in [0.2, 0.25) is 0 Å². The maximum atomic E-state index is 12.8. The summed E-state index contributed by atoms with van der Waals surface area (Å²) in [6.45, 7) is 2.70. The Morgan fingerprint density at radius 3 is 2.60 bits per heavy atom. The smallest absolute Gasteiger partial charge is 0.406 e. The molecule has 3 heterocycles. The molecule has 1 unspecified atom stereocenters. The minimum atomic E-state index is -4.77. The predicted molar refractivity (Wildman–Crippen MR) is 123 cm³/mol. The maximum absolute atomic E-state index is 12.8. The fourth-order valence-electron chi connectivity index (χ4n) is 4.25. The lowest BCUT2D eigenvalue weighted by Gasteiger charge is -2.35. The van der Waals surface area contributed by atoms with Gasteiger partial charge in [0.2, 0.25) is 0 Å². The minimum absolute atomic E-state index is 0.0488. The average molecular weight is 496 g/mol. The van der Waals surface area contributed by atoms with Gasteiger partial charge in [-0.25, -0.2) is 4.98 Å². The summed E-state index contributed by atoms with van der Waals surface area (Å²) in [5, 5.41) is 12.8. The van der Waals surface area contributed by atoms with E-state index in [9.17, 15) is 23.1 Å². The van der Waals surface area contributed by atoms with Gasteiger partial charge in [0.1, 0.15) is 11.6 Å². The maximum Gasteiger partial charge on any atom is 0.573 e. The number of alkyl halides is 3. The second-order valence-corrected chi connectivity index (χ2v) is 8.53. The molecule has 0 aliphatic carbocycles. The van der Waals surface area contributed by atoms with Gasteiger partial charge in [-0.05, 0) is 43.2 Å². The summed E-state index contributed by atoms with van der Waals surface area (Å²) in [6.07, 6.45) is -1.97. The lowest BCUT2D eigenvalue weighted by Crippen LogP contribution is -2.44. The Bertz CT molecular complexity index is 1010. The summed E-state index contributed by atoms with van der Waals surface area (Å²) in [7, 11) is 0. The topological polar surface area (TPSA) is 113 Å². The van der Waals surface area contributed by atoms with Crippen LogP contribution in [0.25, 0.3) is 0 Å². The van der Waals surface area contributed by atoms with Crippen LogP contribution in [0, 0.1) is 0 Å². The van der Waals surface area contributed by atoms with Crippen LogP contribution in [0.5, 0.6) is 5.75 Å². The zero-order valence-corrected chi connectivity index (χ0v) is 19.0. The first-order chi connectivity index (χ1) is 16.7. The normalized spacial score (nSPS) is 19.5. The summed E-state index contributed by atoms with van der Waals surface area (Å²) < 4.78 is 46.3. The molecule has 0 spiro atoms. The van der Waals surface area contributed by atoms with E-state index >= 15 is 0 Å². The van der Waals surface area contributed by atoms with Gasteiger partial charge in [-0.2, -0.15) is 0 Å². The van der Waals surface area contributed by atoms with Crippen LogP contribution < -0.4 is 20.7 Å². The Kier molecular flexibility index (Phi) is 7.51. The third-order valence-corrected chi connectivity index (χ3v) is 6.09. The SMILES string of the molecule is Nc1ncc(N2CCOC(CO)C2)cc1NC1CCN(C(=O)c2ccc(OC(F)(F)F)cc2)CC1. The van der Waals surface area contributed by atoms with Crippen molar-refractivity contribution in [1.29, 1.82) is 0 Å². The van der Waals surface area contributed by atoms with Gasteiger partial charge in [0.05, 0.1) is 36.9 Å². The first-order valence-electron chi connectivity index (χ1n) is 11.4. The highest BCUT2D eigenvalue weighted by atomic mass is 19.4. The van der Waals surface area contributed by atoms with Crippen LogP contribution in [-0.4, -0.2) is 78.8 Å². The number of halogens is 3. The van der Waals surface area contributed by atoms with Crippen LogP contribution >= 0.6 is 0 Å². The number of ether oxygens (including phenoxy) is 2. The van der Waals surface area contributed by atoms with Crippen molar-refractivity contribution in [2.24, 2.45) is 0 Å². The Balaban J connectivity index is 1.32. The highest BCUT2D eigenvalue weighted by Gasteiger charge is 2.31. The minimum Gasteiger partial charge on any atom is -0.406 e. The first kappa shape index (κ1) is 24.9. The van der Waals surface area contributed by atoms with Crippen LogP contribution in [-0.2, 0) is 4.74 Å². The number of benzene rings is 1. The lowest BCUT2D eigenvalue weighted by molar-refractivity contribution is -0.274. The number of carbonyl (C=O) groups is 1. The van der Waals surface area contributed by atoms with Gasteiger partial charge < -0.3 is 35.4 Å². The van der Waals surface area contributed by atoms with Gasteiger partial charge >= 0.3 is 6.36 Å². The van der Waals surface area contributed by atoms with Crippen molar-refractivity contribution in [3.8, 4) is 5.75 Å². The third-order valence-electron chi connectivity index (χ3n) is 6.09. The monoisotopic (exact) mass is 495 g/mol. The number of piperidine rings is 1.